The van der Waals surface area contributed by atoms with Crippen molar-refractivity contribution >= 4 is 39.1 Å². The third-order valence-electron chi connectivity index (χ3n) is 1.65. The van der Waals surface area contributed by atoms with E-state index in [0.29, 0.717) is 16.5 Å². The molecule has 0 saturated carbocycles. The molecule has 0 saturated heterocycles. The molecule has 0 radical (unpaired) electrons. The number of nitrogens with zero attached hydrogens (tertiary/aromatic N) is 3. The fraction of sp³-hybridized carbons (Fsp3) is 0. The van der Waals surface area contributed by atoms with Gasteiger partial charge in [-0.25, -0.2) is 15.0 Å². The summed E-state index contributed by atoms with van der Waals surface area (Å²) < 4.78 is 0.728. The van der Waals surface area contributed by atoms with Crippen molar-refractivity contribution in [1.82, 2.24) is 15.0 Å². The van der Waals surface area contributed by atoms with Crippen molar-refractivity contribution in [2.24, 2.45) is 0 Å². The summed E-state index contributed by atoms with van der Waals surface area (Å²) >= 11 is 14.7. The minimum absolute atomic E-state index is 0.110. The predicted molar refractivity (Wildman–Crippen MR) is 63.0 cm³/mol. The van der Waals surface area contributed by atoms with Crippen LogP contribution >= 0.6 is 39.1 Å². The third kappa shape index (κ3) is 2.65. The molecule has 0 atom stereocenters. The lowest BCUT2D eigenvalue weighted by Crippen LogP contribution is -1.90. The van der Waals surface area contributed by atoms with E-state index in [-0.39, 0.29) is 5.28 Å². The van der Waals surface area contributed by atoms with Gasteiger partial charge in [0.1, 0.15) is 9.76 Å². The summed E-state index contributed by atoms with van der Waals surface area (Å²) in [5, 5.41) is 0.408. The number of hydrogen-bond acceptors (Lipinski definition) is 3. The van der Waals surface area contributed by atoms with Crippen LogP contribution in [0.25, 0.3) is 11.4 Å². The molecule has 2 aromatic heterocycles. The standard InChI is InChI=1S/C9H4BrCl2N3/c10-7-3-1-2-5(13-7)6-4-8(11)15-9(12)14-6/h1-4H. The van der Waals surface area contributed by atoms with Crippen LogP contribution in [-0.2, 0) is 0 Å². The van der Waals surface area contributed by atoms with E-state index in [1.165, 1.54) is 0 Å². The van der Waals surface area contributed by atoms with Crippen molar-refractivity contribution in [3.63, 3.8) is 0 Å². The average molecular weight is 305 g/mol. The van der Waals surface area contributed by atoms with Crippen molar-refractivity contribution in [3.05, 3.63) is 39.3 Å². The van der Waals surface area contributed by atoms with Crippen molar-refractivity contribution < 1.29 is 0 Å². The van der Waals surface area contributed by atoms with Gasteiger partial charge in [-0.1, -0.05) is 17.7 Å². The van der Waals surface area contributed by atoms with Gasteiger partial charge in [-0.2, -0.15) is 0 Å². The molecule has 0 aliphatic carbocycles. The molecule has 3 nitrogen and oxygen atoms in total. The molecule has 2 aromatic rings. The van der Waals surface area contributed by atoms with Gasteiger partial charge in [0, 0.05) is 6.07 Å². The van der Waals surface area contributed by atoms with Gasteiger partial charge in [-0.05, 0) is 39.7 Å². The highest BCUT2D eigenvalue weighted by Crippen LogP contribution is 2.21. The normalized spacial score (nSPS) is 10.3. The molecule has 0 unspecified atom stereocenters. The van der Waals surface area contributed by atoms with E-state index in [1.54, 1.807) is 6.07 Å². The van der Waals surface area contributed by atoms with Gasteiger partial charge in [-0.15, -0.1) is 0 Å². The largest absolute Gasteiger partial charge is 0.239 e. The van der Waals surface area contributed by atoms with Gasteiger partial charge in [0.25, 0.3) is 0 Å². The minimum atomic E-state index is 0.110. The highest BCUT2D eigenvalue weighted by atomic mass is 79.9. The van der Waals surface area contributed by atoms with E-state index in [4.69, 9.17) is 23.2 Å². The number of hydrogen-bond donors (Lipinski definition) is 0. The molecular weight excluding hydrogens is 301 g/mol. The topological polar surface area (TPSA) is 38.7 Å². The van der Waals surface area contributed by atoms with Crippen molar-refractivity contribution in [1.29, 1.82) is 0 Å². The molecule has 0 N–H and O–H groups in total. The number of aromatic nitrogens is 3. The van der Waals surface area contributed by atoms with E-state index in [1.807, 2.05) is 18.2 Å². The highest BCUT2D eigenvalue weighted by Gasteiger charge is 2.05. The molecule has 76 valence electrons. The fourth-order valence-electron chi connectivity index (χ4n) is 1.07. The molecule has 0 amide bonds. The quantitative estimate of drug-likeness (QED) is 0.459. The molecule has 0 spiro atoms. The second kappa shape index (κ2) is 4.43. The second-order valence-electron chi connectivity index (χ2n) is 2.69. The zero-order valence-corrected chi connectivity index (χ0v) is 10.4. The Morgan fingerprint density at radius 1 is 1.00 bits per heavy atom. The van der Waals surface area contributed by atoms with Crippen LogP contribution in [0.3, 0.4) is 0 Å². The first-order valence-electron chi connectivity index (χ1n) is 3.98. The van der Waals surface area contributed by atoms with E-state index in [9.17, 15) is 0 Å². The lowest BCUT2D eigenvalue weighted by Gasteiger charge is -2.01. The fourth-order valence-corrected chi connectivity index (χ4v) is 1.82. The summed E-state index contributed by atoms with van der Waals surface area (Å²) in [6.07, 6.45) is 0. The summed E-state index contributed by atoms with van der Waals surface area (Å²) in [5.74, 6) is 0. The molecule has 0 bridgehead atoms. The summed E-state index contributed by atoms with van der Waals surface area (Å²) in [7, 11) is 0. The smallest absolute Gasteiger partial charge is 0.224 e. The summed E-state index contributed by atoms with van der Waals surface area (Å²) in [6.45, 7) is 0. The first kappa shape index (κ1) is 10.8. The van der Waals surface area contributed by atoms with E-state index in [2.05, 4.69) is 30.9 Å². The molecule has 2 rings (SSSR count). The lowest BCUT2D eigenvalue weighted by atomic mass is 10.3. The van der Waals surface area contributed by atoms with Gasteiger partial charge < -0.3 is 0 Å². The zero-order chi connectivity index (χ0) is 10.8. The highest BCUT2D eigenvalue weighted by molar-refractivity contribution is 9.10. The Hall–Kier alpha value is -0.710. The monoisotopic (exact) mass is 303 g/mol. The van der Waals surface area contributed by atoms with Crippen LogP contribution in [0.5, 0.6) is 0 Å². The molecule has 15 heavy (non-hydrogen) atoms. The zero-order valence-electron chi connectivity index (χ0n) is 7.28. The van der Waals surface area contributed by atoms with Crippen LogP contribution in [0.1, 0.15) is 0 Å². The first-order valence-corrected chi connectivity index (χ1v) is 5.53. The number of rotatable bonds is 1. The second-order valence-corrected chi connectivity index (χ2v) is 4.23. The van der Waals surface area contributed by atoms with Crippen LogP contribution in [0.15, 0.2) is 28.9 Å². The van der Waals surface area contributed by atoms with Gasteiger partial charge in [0.2, 0.25) is 5.28 Å². The molecule has 2 heterocycles. The maximum atomic E-state index is 5.76. The van der Waals surface area contributed by atoms with Crippen molar-refractivity contribution in [2.45, 2.75) is 0 Å². The van der Waals surface area contributed by atoms with Crippen LogP contribution in [-0.4, -0.2) is 15.0 Å². The van der Waals surface area contributed by atoms with Gasteiger partial charge >= 0.3 is 0 Å². The molecular formula is C9H4BrCl2N3. The van der Waals surface area contributed by atoms with Gasteiger partial charge in [-0.3, -0.25) is 0 Å². The predicted octanol–water partition coefficient (Wildman–Crippen LogP) is 3.61. The Labute approximate surface area is 105 Å². The Morgan fingerprint density at radius 3 is 2.47 bits per heavy atom. The summed E-state index contributed by atoms with van der Waals surface area (Å²) in [4.78, 5) is 12.0. The third-order valence-corrected chi connectivity index (χ3v) is 2.45. The van der Waals surface area contributed by atoms with Crippen molar-refractivity contribution in [2.75, 3.05) is 0 Å². The SMILES string of the molecule is Clc1cc(-c2cccc(Br)n2)nc(Cl)n1. The van der Waals surface area contributed by atoms with E-state index >= 15 is 0 Å². The van der Waals surface area contributed by atoms with E-state index in [0.717, 1.165) is 4.60 Å². The molecule has 0 aliphatic rings. The molecule has 0 aliphatic heterocycles. The molecule has 6 heteroatoms. The Balaban J connectivity index is 2.54. The summed E-state index contributed by atoms with van der Waals surface area (Å²) in [6, 6.07) is 7.12. The number of halogens is 3. The number of pyridine rings is 1. The maximum absolute atomic E-state index is 5.76. The Kier molecular flexibility index (Phi) is 3.19. The Morgan fingerprint density at radius 2 is 1.80 bits per heavy atom. The Bertz CT molecular complexity index is 484. The maximum Gasteiger partial charge on any atom is 0.224 e. The van der Waals surface area contributed by atoms with Crippen LogP contribution in [0, 0.1) is 0 Å². The lowest BCUT2D eigenvalue weighted by molar-refractivity contribution is 1.15. The van der Waals surface area contributed by atoms with Crippen molar-refractivity contribution in [3.8, 4) is 11.4 Å². The first-order chi connectivity index (χ1) is 7.15. The molecule has 0 aromatic carbocycles. The van der Waals surface area contributed by atoms with Gasteiger partial charge in [0.05, 0.1) is 11.4 Å². The average Bonchev–Trinajstić information content (AvgIpc) is 2.16. The molecule has 0 fully saturated rings. The van der Waals surface area contributed by atoms with Gasteiger partial charge in [0.15, 0.2) is 0 Å². The van der Waals surface area contributed by atoms with Crippen LogP contribution < -0.4 is 0 Å². The minimum Gasteiger partial charge on any atom is -0.239 e. The van der Waals surface area contributed by atoms with Crippen LogP contribution in [0.4, 0.5) is 0 Å². The van der Waals surface area contributed by atoms with E-state index < -0.39 is 0 Å². The van der Waals surface area contributed by atoms with Crippen LogP contribution in [0.2, 0.25) is 10.4 Å². The summed E-state index contributed by atoms with van der Waals surface area (Å²) in [5.41, 5.74) is 1.29.